The Kier molecular flexibility index (Phi) is 5.64. The van der Waals surface area contributed by atoms with Gasteiger partial charge in [0, 0.05) is 31.5 Å². The molecular weight excluding hydrogens is 309 g/mol. The molecule has 3 N–H and O–H groups in total. The number of β-amino-alcohol motifs (C(OH)–C–C–N with tert-alkyl or cyclic N) is 1. The van der Waals surface area contributed by atoms with Crippen molar-refractivity contribution in [1.29, 1.82) is 0 Å². The van der Waals surface area contributed by atoms with Crippen molar-refractivity contribution in [3.05, 3.63) is 35.4 Å². The quantitative estimate of drug-likeness (QED) is 0.768. The van der Waals surface area contributed by atoms with Crippen LogP contribution in [-0.2, 0) is 17.4 Å². The molecule has 3 atom stereocenters. The SMILES string of the molecule is CC(Cc1cccc(C(F)(F)F)c1)C(=O)NCC1CNCC1O. The van der Waals surface area contributed by atoms with Crippen LogP contribution in [0.4, 0.5) is 13.2 Å². The average molecular weight is 330 g/mol. The van der Waals surface area contributed by atoms with Gasteiger partial charge in [-0.05, 0) is 18.1 Å². The monoisotopic (exact) mass is 330 g/mol. The van der Waals surface area contributed by atoms with Crippen molar-refractivity contribution < 1.29 is 23.1 Å². The van der Waals surface area contributed by atoms with Crippen molar-refractivity contribution >= 4 is 5.91 Å². The van der Waals surface area contributed by atoms with Gasteiger partial charge in [-0.15, -0.1) is 0 Å². The van der Waals surface area contributed by atoms with Crippen LogP contribution in [0.1, 0.15) is 18.1 Å². The van der Waals surface area contributed by atoms with Crippen LogP contribution in [0.3, 0.4) is 0 Å². The Hall–Kier alpha value is -1.60. The van der Waals surface area contributed by atoms with E-state index in [2.05, 4.69) is 10.6 Å². The third-order valence-corrected chi connectivity index (χ3v) is 4.09. The summed E-state index contributed by atoms with van der Waals surface area (Å²) in [6, 6.07) is 5.03. The van der Waals surface area contributed by atoms with E-state index >= 15 is 0 Å². The van der Waals surface area contributed by atoms with Crippen molar-refractivity contribution in [1.82, 2.24) is 10.6 Å². The van der Waals surface area contributed by atoms with Crippen LogP contribution in [0.25, 0.3) is 0 Å². The van der Waals surface area contributed by atoms with Crippen LogP contribution in [0.5, 0.6) is 0 Å². The van der Waals surface area contributed by atoms with Gasteiger partial charge in [-0.25, -0.2) is 0 Å². The van der Waals surface area contributed by atoms with Gasteiger partial charge in [0.05, 0.1) is 11.7 Å². The zero-order valence-electron chi connectivity index (χ0n) is 12.9. The van der Waals surface area contributed by atoms with Gasteiger partial charge in [0.1, 0.15) is 0 Å². The molecule has 0 saturated carbocycles. The first-order chi connectivity index (χ1) is 10.8. The Balaban J connectivity index is 1.88. The lowest BCUT2D eigenvalue weighted by Crippen LogP contribution is -2.37. The van der Waals surface area contributed by atoms with E-state index in [1.165, 1.54) is 6.07 Å². The number of aliphatic hydroxyl groups excluding tert-OH is 1. The van der Waals surface area contributed by atoms with Crippen molar-refractivity contribution in [3.63, 3.8) is 0 Å². The number of carbonyl (C=O) groups excluding carboxylic acids is 1. The molecule has 7 heteroatoms. The number of hydrogen-bond acceptors (Lipinski definition) is 3. The Labute approximate surface area is 133 Å². The highest BCUT2D eigenvalue weighted by Gasteiger charge is 2.30. The maximum absolute atomic E-state index is 12.7. The lowest BCUT2D eigenvalue weighted by atomic mass is 9.98. The predicted molar refractivity (Wildman–Crippen MR) is 79.7 cm³/mol. The molecule has 1 aliphatic rings. The van der Waals surface area contributed by atoms with Gasteiger partial charge in [0.15, 0.2) is 0 Å². The number of carbonyl (C=O) groups is 1. The summed E-state index contributed by atoms with van der Waals surface area (Å²) in [5.74, 6) is -0.689. The van der Waals surface area contributed by atoms with Gasteiger partial charge in [-0.1, -0.05) is 25.1 Å². The van der Waals surface area contributed by atoms with E-state index in [0.717, 1.165) is 12.1 Å². The van der Waals surface area contributed by atoms with Gasteiger partial charge >= 0.3 is 6.18 Å². The summed E-state index contributed by atoms with van der Waals surface area (Å²) in [6.45, 7) is 3.20. The largest absolute Gasteiger partial charge is 0.416 e. The number of benzene rings is 1. The van der Waals surface area contributed by atoms with Crippen LogP contribution >= 0.6 is 0 Å². The minimum atomic E-state index is -4.38. The molecule has 0 radical (unpaired) electrons. The second-order valence-electron chi connectivity index (χ2n) is 6.03. The summed E-state index contributed by atoms with van der Waals surface area (Å²) in [6.07, 6.45) is -4.62. The lowest BCUT2D eigenvalue weighted by molar-refractivity contribution is -0.137. The number of rotatable bonds is 5. The predicted octanol–water partition coefficient (Wildman–Crippen LogP) is 1.58. The highest BCUT2D eigenvalue weighted by Crippen LogP contribution is 2.30. The van der Waals surface area contributed by atoms with E-state index in [-0.39, 0.29) is 18.2 Å². The Morgan fingerprint density at radius 3 is 2.78 bits per heavy atom. The minimum absolute atomic E-state index is 0.0280. The molecule has 0 bridgehead atoms. The minimum Gasteiger partial charge on any atom is -0.391 e. The highest BCUT2D eigenvalue weighted by atomic mass is 19.4. The van der Waals surface area contributed by atoms with E-state index in [1.807, 2.05) is 0 Å². The fourth-order valence-electron chi connectivity index (χ4n) is 2.65. The summed E-state index contributed by atoms with van der Waals surface area (Å²) < 4.78 is 38.1. The summed E-state index contributed by atoms with van der Waals surface area (Å²) in [7, 11) is 0. The fourth-order valence-corrected chi connectivity index (χ4v) is 2.65. The van der Waals surface area contributed by atoms with E-state index in [4.69, 9.17) is 0 Å². The molecule has 1 aliphatic heterocycles. The lowest BCUT2D eigenvalue weighted by Gasteiger charge is -2.17. The summed E-state index contributed by atoms with van der Waals surface area (Å²) >= 11 is 0. The molecule has 1 aromatic rings. The summed E-state index contributed by atoms with van der Waals surface area (Å²) in [5, 5.41) is 15.4. The molecule has 3 unspecified atom stereocenters. The van der Waals surface area contributed by atoms with Crippen LogP contribution in [-0.4, -0.2) is 36.8 Å². The first-order valence-corrected chi connectivity index (χ1v) is 7.60. The third kappa shape index (κ3) is 4.94. The Bertz CT molecular complexity index is 548. The first-order valence-electron chi connectivity index (χ1n) is 7.60. The maximum atomic E-state index is 12.7. The second kappa shape index (κ2) is 7.31. The number of alkyl halides is 3. The number of amides is 1. The third-order valence-electron chi connectivity index (χ3n) is 4.09. The zero-order chi connectivity index (χ0) is 17.0. The molecule has 1 heterocycles. The van der Waals surface area contributed by atoms with Gasteiger partial charge in [-0.2, -0.15) is 13.2 Å². The number of nitrogens with one attached hydrogen (secondary N) is 2. The Morgan fingerprint density at radius 2 is 2.17 bits per heavy atom. The van der Waals surface area contributed by atoms with E-state index in [1.54, 1.807) is 13.0 Å². The maximum Gasteiger partial charge on any atom is 0.416 e. The molecule has 0 aliphatic carbocycles. The van der Waals surface area contributed by atoms with Crippen LogP contribution in [0.2, 0.25) is 0 Å². The number of aliphatic hydroxyl groups is 1. The molecule has 1 fully saturated rings. The van der Waals surface area contributed by atoms with Gasteiger partial charge in [0.2, 0.25) is 5.91 Å². The first kappa shape index (κ1) is 17.7. The van der Waals surface area contributed by atoms with E-state index in [0.29, 0.717) is 25.2 Å². The van der Waals surface area contributed by atoms with Crippen LogP contribution in [0.15, 0.2) is 24.3 Å². The molecule has 1 aromatic carbocycles. The van der Waals surface area contributed by atoms with Gasteiger partial charge in [0.25, 0.3) is 0 Å². The topological polar surface area (TPSA) is 61.4 Å². The molecule has 23 heavy (non-hydrogen) atoms. The molecule has 4 nitrogen and oxygen atoms in total. The molecule has 0 spiro atoms. The molecule has 0 aromatic heterocycles. The van der Waals surface area contributed by atoms with Crippen molar-refractivity contribution in [2.75, 3.05) is 19.6 Å². The van der Waals surface area contributed by atoms with Crippen LogP contribution < -0.4 is 10.6 Å². The Morgan fingerprint density at radius 1 is 1.43 bits per heavy atom. The van der Waals surface area contributed by atoms with Gasteiger partial charge in [-0.3, -0.25) is 4.79 Å². The highest BCUT2D eigenvalue weighted by molar-refractivity contribution is 5.78. The number of hydrogen-bond donors (Lipinski definition) is 3. The fraction of sp³-hybridized carbons (Fsp3) is 0.562. The molecule has 1 amide bonds. The molecular formula is C16H21F3N2O2. The summed E-state index contributed by atoms with van der Waals surface area (Å²) in [5.41, 5.74) is -0.229. The van der Waals surface area contributed by atoms with Crippen LogP contribution in [0, 0.1) is 11.8 Å². The normalized spacial score (nSPS) is 22.8. The van der Waals surface area contributed by atoms with Crippen molar-refractivity contribution in [3.8, 4) is 0 Å². The van der Waals surface area contributed by atoms with E-state index in [9.17, 15) is 23.1 Å². The average Bonchev–Trinajstić information content (AvgIpc) is 2.89. The van der Waals surface area contributed by atoms with Crippen molar-refractivity contribution in [2.24, 2.45) is 11.8 Å². The second-order valence-corrected chi connectivity index (χ2v) is 6.03. The zero-order valence-corrected chi connectivity index (χ0v) is 12.9. The summed E-state index contributed by atoms with van der Waals surface area (Å²) in [4.78, 5) is 12.1. The standard InChI is InChI=1S/C16H21F3N2O2/c1-10(15(23)21-8-12-7-20-9-14(12)22)5-11-3-2-4-13(6-11)16(17,18)19/h2-4,6,10,12,14,20,22H,5,7-9H2,1H3,(H,21,23). The van der Waals surface area contributed by atoms with Crippen molar-refractivity contribution in [2.45, 2.75) is 25.6 Å². The molecule has 2 rings (SSSR count). The number of halogens is 3. The van der Waals surface area contributed by atoms with Gasteiger partial charge < -0.3 is 15.7 Å². The smallest absolute Gasteiger partial charge is 0.391 e. The molecule has 1 saturated heterocycles. The van der Waals surface area contributed by atoms with E-state index < -0.39 is 23.8 Å². The molecule has 128 valence electrons.